The van der Waals surface area contributed by atoms with E-state index in [1.807, 2.05) is 12.2 Å². The molecule has 1 heterocycles. The average Bonchev–Trinajstić information content (AvgIpc) is 2.81. The lowest BCUT2D eigenvalue weighted by atomic mass is 9.73. The minimum atomic E-state index is -0.953. The highest BCUT2D eigenvalue weighted by atomic mass is 16.5. The van der Waals surface area contributed by atoms with Crippen LogP contribution < -0.4 is 16.0 Å². The Hall–Kier alpha value is -2.65. The molecular weight excluding hydrogens is 344 g/mol. The SMILES string of the molecule is CCNC(=O)NC(=O)COC(=O)CN1C(=O)N[C@]2(CCCC[C@H]2C)C1=O. The van der Waals surface area contributed by atoms with Crippen LogP contribution >= 0.6 is 0 Å². The molecule has 0 aromatic carbocycles. The zero-order valence-corrected chi connectivity index (χ0v) is 14.9. The van der Waals surface area contributed by atoms with E-state index in [1.54, 1.807) is 6.92 Å². The summed E-state index contributed by atoms with van der Waals surface area (Å²) < 4.78 is 4.74. The number of urea groups is 2. The molecule has 10 heteroatoms. The second-order valence-electron chi connectivity index (χ2n) is 6.51. The van der Waals surface area contributed by atoms with Crippen LogP contribution in [0.5, 0.6) is 0 Å². The standard InChI is InChI=1S/C16H24N4O6/c1-3-17-14(24)18-11(21)9-26-12(22)8-20-13(23)16(19-15(20)25)7-5-4-6-10(16)2/h10H,3-9H2,1-2H3,(H,19,25)(H2,17,18,21,24)/t10-,16+/m1/s1. The van der Waals surface area contributed by atoms with Crippen LogP contribution in [0.1, 0.15) is 39.5 Å². The van der Waals surface area contributed by atoms with Crippen molar-refractivity contribution in [3.05, 3.63) is 0 Å². The second kappa shape index (κ2) is 8.15. The number of rotatable bonds is 5. The Labute approximate surface area is 151 Å². The fraction of sp³-hybridized carbons (Fsp3) is 0.688. The summed E-state index contributed by atoms with van der Waals surface area (Å²) >= 11 is 0. The lowest BCUT2D eigenvalue weighted by Gasteiger charge is -2.36. The van der Waals surface area contributed by atoms with Crippen molar-refractivity contribution in [1.29, 1.82) is 0 Å². The van der Waals surface area contributed by atoms with Crippen molar-refractivity contribution in [3.8, 4) is 0 Å². The fourth-order valence-electron chi connectivity index (χ4n) is 3.33. The van der Waals surface area contributed by atoms with Crippen molar-refractivity contribution in [3.63, 3.8) is 0 Å². The summed E-state index contributed by atoms with van der Waals surface area (Å²) in [5.74, 6) is -2.16. The first-order valence-corrected chi connectivity index (χ1v) is 8.67. The van der Waals surface area contributed by atoms with Crippen molar-refractivity contribution in [2.24, 2.45) is 5.92 Å². The van der Waals surface area contributed by atoms with Crippen LogP contribution in [0.15, 0.2) is 0 Å². The molecule has 2 atom stereocenters. The smallest absolute Gasteiger partial charge is 0.326 e. The van der Waals surface area contributed by atoms with Crippen molar-refractivity contribution in [2.75, 3.05) is 19.7 Å². The third kappa shape index (κ3) is 4.12. The molecule has 2 aliphatic rings. The van der Waals surface area contributed by atoms with Crippen LogP contribution in [0.4, 0.5) is 9.59 Å². The Kier molecular flexibility index (Phi) is 6.17. The number of nitrogens with one attached hydrogen (secondary N) is 3. The summed E-state index contributed by atoms with van der Waals surface area (Å²) in [6.45, 7) is 2.67. The van der Waals surface area contributed by atoms with Crippen LogP contribution in [-0.2, 0) is 19.1 Å². The fourth-order valence-corrected chi connectivity index (χ4v) is 3.33. The van der Waals surface area contributed by atoms with Gasteiger partial charge in [0.1, 0.15) is 12.1 Å². The number of hydrogen-bond donors (Lipinski definition) is 3. The molecule has 1 aliphatic carbocycles. The van der Waals surface area contributed by atoms with Gasteiger partial charge in [0.25, 0.3) is 11.8 Å². The molecule has 2 fully saturated rings. The van der Waals surface area contributed by atoms with Gasteiger partial charge in [-0.1, -0.05) is 19.8 Å². The van der Waals surface area contributed by atoms with Crippen molar-refractivity contribution in [1.82, 2.24) is 20.9 Å². The minimum Gasteiger partial charge on any atom is -0.454 e. The number of nitrogens with zero attached hydrogens (tertiary/aromatic N) is 1. The van der Waals surface area contributed by atoms with E-state index in [0.29, 0.717) is 13.0 Å². The Morgan fingerprint density at radius 1 is 1.31 bits per heavy atom. The van der Waals surface area contributed by atoms with Crippen molar-refractivity contribution < 1.29 is 28.7 Å². The molecule has 0 aromatic rings. The van der Waals surface area contributed by atoms with E-state index >= 15 is 0 Å². The van der Waals surface area contributed by atoms with Gasteiger partial charge in [0, 0.05) is 6.54 Å². The second-order valence-corrected chi connectivity index (χ2v) is 6.51. The highest BCUT2D eigenvalue weighted by molar-refractivity contribution is 6.09. The molecule has 0 unspecified atom stereocenters. The number of amides is 6. The van der Waals surface area contributed by atoms with Gasteiger partial charge in [-0.2, -0.15) is 0 Å². The number of imide groups is 2. The molecule has 0 radical (unpaired) electrons. The average molecular weight is 368 g/mol. The van der Waals surface area contributed by atoms with E-state index in [2.05, 4.69) is 10.6 Å². The zero-order chi connectivity index (χ0) is 19.3. The summed E-state index contributed by atoms with van der Waals surface area (Å²) in [4.78, 5) is 60.2. The van der Waals surface area contributed by atoms with E-state index in [9.17, 15) is 24.0 Å². The largest absolute Gasteiger partial charge is 0.454 e. The maximum absolute atomic E-state index is 12.7. The first kappa shape index (κ1) is 19.7. The number of hydrogen-bond acceptors (Lipinski definition) is 6. The monoisotopic (exact) mass is 368 g/mol. The molecule has 3 N–H and O–H groups in total. The molecule has 0 aromatic heterocycles. The molecule has 0 bridgehead atoms. The van der Waals surface area contributed by atoms with Gasteiger partial charge in [-0.25, -0.2) is 9.59 Å². The van der Waals surface area contributed by atoms with Crippen LogP contribution in [-0.4, -0.2) is 60.0 Å². The minimum absolute atomic E-state index is 0.0171. The Morgan fingerprint density at radius 3 is 2.69 bits per heavy atom. The van der Waals surface area contributed by atoms with Gasteiger partial charge >= 0.3 is 18.0 Å². The summed E-state index contributed by atoms with van der Waals surface area (Å²) in [7, 11) is 0. The van der Waals surface area contributed by atoms with E-state index in [4.69, 9.17) is 4.74 Å². The molecule has 1 aliphatic heterocycles. The van der Waals surface area contributed by atoms with Crippen LogP contribution in [0.3, 0.4) is 0 Å². The Bertz CT molecular complexity index is 622. The molecule has 26 heavy (non-hydrogen) atoms. The quantitative estimate of drug-likeness (QED) is 0.457. The highest BCUT2D eigenvalue weighted by Gasteiger charge is 2.55. The highest BCUT2D eigenvalue weighted by Crippen LogP contribution is 2.38. The molecule has 1 saturated carbocycles. The normalized spacial score (nSPS) is 25.0. The van der Waals surface area contributed by atoms with Gasteiger partial charge in [-0.05, 0) is 25.7 Å². The van der Waals surface area contributed by atoms with Gasteiger partial charge in [0.2, 0.25) is 0 Å². The van der Waals surface area contributed by atoms with Gasteiger partial charge in [-0.3, -0.25) is 24.6 Å². The Balaban J connectivity index is 1.87. The molecule has 144 valence electrons. The zero-order valence-electron chi connectivity index (χ0n) is 14.9. The van der Waals surface area contributed by atoms with Crippen LogP contribution in [0.25, 0.3) is 0 Å². The molecule has 10 nitrogen and oxygen atoms in total. The molecule has 1 saturated heterocycles. The molecular formula is C16H24N4O6. The predicted octanol–water partition coefficient (Wildman–Crippen LogP) is -0.124. The molecule has 2 rings (SSSR count). The van der Waals surface area contributed by atoms with E-state index in [1.165, 1.54) is 0 Å². The van der Waals surface area contributed by atoms with Gasteiger partial charge in [0.05, 0.1) is 0 Å². The Morgan fingerprint density at radius 2 is 2.04 bits per heavy atom. The maximum atomic E-state index is 12.7. The first-order valence-electron chi connectivity index (χ1n) is 8.67. The van der Waals surface area contributed by atoms with Gasteiger partial charge < -0.3 is 15.4 Å². The topological polar surface area (TPSA) is 134 Å². The third-order valence-electron chi connectivity index (χ3n) is 4.74. The maximum Gasteiger partial charge on any atom is 0.326 e. The first-order chi connectivity index (χ1) is 12.3. The molecule has 1 spiro atoms. The summed E-state index contributed by atoms with van der Waals surface area (Å²) in [5, 5.41) is 7.05. The van der Waals surface area contributed by atoms with Crippen molar-refractivity contribution >= 4 is 29.8 Å². The summed E-state index contributed by atoms with van der Waals surface area (Å²) in [6.07, 6.45) is 3.19. The van der Waals surface area contributed by atoms with Gasteiger partial charge in [0.15, 0.2) is 6.61 Å². The number of esters is 1. The van der Waals surface area contributed by atoms with Crippen LogP contribution in [0, 0.1) is 5.92 Å². The predicted molar refractivity (Wildman–Crippen MR) is 88.8 cm³/mol. The lowest BCUT2D eigenvalue weighted by molar-refractivity contribution is -0.151. The van der Waals surface area contributed by atoms with Crippen LogP contribution in [0.2, 0.25) is 0 Å². The van der Waals surface area contributed by atoms with E-state index in [-0.39, 0.29) is 5.92 Å². The number of carbonyl (C=O) groups excluding carboxylic acids is 5. The number of carbonyl (C=O) groups is 5. The lowest BCUT2D eigenvalue weighted by Crippen LogP contribution is -2.54. The van der Waals surface area contributed by atoms with E-state index < -0.39 is 48.5 Å². The van der Waals surface area contributed by atoms with E-state index in [0.717, 1.165) is 24.2 Å². The summed E-state index contributed by atoms with van der Waals surface area (Å²) in [6, 6.07) is -1.33. The molecule has 6 amide bonds. The third-order valence-corrected chi connectivity index (χ3v) is 4.74. The van der Waals surface area contributed by atoms with Gasteiger partial charge in [-0.15, -0.1) is 0 Å². The number of ether oxygens (including phenoxy) is 1. The van der Waals surface area contributed by atoms with Crippen molar-refractivity contribution in [2.45, 2.75) is 45.1 Å². The summed E-state index contributed by atoms with van der Waals surface area (Å²) in [5.41, 5.74) is -0.953.